The average molecular weight is 418 g/mol. The summed E-state index contributed by atoms with van der Waals surface area (Å²) in [6.07, 6.45) is 2.09. The molecule has 1 atom stereocenters. The summed E-state index contributed by atoms with van der Waals surface area (Å²) in [4.78, 5) is 12.0. The van der Waals surface area contributed by atoms with Crippen LogP contribution in [0.2, 0.25) is 0 Å². The van der Waals surface area contributed by atoms with Crippen molar-refractivity contribution in [1.82, 2.24) is 5.27 Å². The number of carbonyl (C=O) groups is 1. The largest absolute Gasteiger partial charge is 0.716 e. The van der Waals surface area contributed by atoms with E-state index in [4.69, 9.17) is 4.52 Å². The summed E-state index contributed by atoms with van der Waals surface area (Å²) in [5, 5.41) is 9.11. The van der Waals surface area contributed by atoms with Gasteiger partial charge >= 0.3 is 11.9 Å². The van der Waals surface area contributed by atoms with Crippen molar-refractivity contribution in [1.29, 1.82) is 0 Å². The molecule has 0 aliphatic heterocycles. The van der Waals surface area contributed by atoms with Crippen LogP contribution in [0.4, 0.5) is 16.4 Å². The standard InChI is InChI=1S/C18H18N4O6S/c1-13(11-14-7-9-16(10-8-14)28-29(24,25)26)22-12-17(27-21-22)20-18(23)19-15-5-3-2-4-6-15/h2-10,12-13H,11H2,1H3,(H2-,19,20,21,23,24,25,26). The van der Waals surface area contributed by atoms with E-state index in [1.54, 1.807) is 47.3 Å². The molecule has 0 aliphatic rings. The summed E-state index contributed by atoms with van der Waals surface area (Å²) < 4.78 is 42.7. The average Bonchev–Trinajstić information content (AvgIpc) is 3.11. The van der Waals surface area contributed by atoms with E-state index in [9.17, 15) is 17.8 Å². The van der Waals surface area contributed by atoms with E-state index in [1.165, 1.54) is 12.1 Å². The second-order valence-electron chi connectivity index (χ2n) is 6.18. The fourth-order valence-corrected chi connectivity index (χ4v) is 2.90. The van der Waals surface area contributed by atoms with Crippen molar-refractivity contribution in [2.75, 3.05) is 10.6 Å². The Hall–Kier alpha value is -3.44. The molecular formula is C18H18N4O6S. The molecule has 0 aliphatic carbocycles. The van der Waals surface area contributed by atoms with Crippen LogP contribution in [0.25, 0.3) is 0 Å². The molecule has 29 heavy (non-hydrogen) atoms. The van der Waals surface area contributed by atoms with Crippen molar-refractivity contribution in [2.24, 2.45) is 0 Å². The normalized spacial score (nSPS) is 12.2. The molecular weight excluding hydrogens is 400 g/mol. The zero-order valence-electron chi connectivity index (χ0n) is 15.3. The highest BCUT2D eigenvalue weighted by Gasteiger charge is 2.21. The molecule has 2 amide bonds. The van der Waals surface area contributed by atoms with Gasteiger partial charge in [-0.25, -0.2) is 13.2 Å². The van der Waals surface area contributed by atoms with E-state index < -0.39 is 16.4 Å². The maximum atomic E-state index is 12.0. The third-order valence-electron chi connectivity index (χ3n) is 3.86. The Labute approximate surface area is 167 Å². The molecule has 11 heteroatoms. The molecule has 152 valence electrons. The molecule has 0 saturated heterocycles. The summed E-state index contributed by atoms with van der Waals surface area (Å²) in [5.74, 6) is 0.121. The highest BCUT2D eigenvalue weighted by atomic mass is 32.3. The van der Waals surface area contributed by atoms with Gasteiger partial charge in [-0.3, -0.25) is 9.84 Å². The van der Waals surface area contributed by atoms with Crippen LogP contribution in [0.1, 0.15) is 18.5 Å². The lowest BCUT2D eigenvalue weighted by molar-refractivity contribution is -0.782. The summed E-state index contributed by atoms with van der Waals surface area (Å²) in [6, 6.07) is 14.5. The highest BCUT2D eigenvalue weighted by Crippen LogP contribution is 2.17. The van der Waals surface area contributed by atoms with E-state index >= 15 is 0 Å². The lowest BCUT2D eigenvalue weighted by atomic mass is 10.1. The molecule has 10 nitrogen and oxygen atoms in total. The molecule has 1 unspecified atom stereocenters. The Morgan fingerprint density at radius 1 is 1.17 bits per heavy atom. The van der Waals surface area contributed by atoms with Crippen LogP contribution >= 0.6 is 0 Å². The first-order valence-electron chi connectivity index (χ1n) is 8.54. The number of carbonyl (C=O) groups excluding carboxylic acids is 1. The van der Waals surface area contributed by atoms with Gasteiger partial charge in [0, 0.05) is 19.0 Å². The minimum atomic E-state index is -4.80. The number of rotatable bonds is 7. The summed E-state index contributed by atoms with van der Waals surface area (Å²) in [7, 11) is -4.80. The first-order chi connectivity index (χ1) is 13.8. The van der Waals surface area contributed by atoms with Gasteiger partial charge in [0.2, 0.25) is 5.27 Å². The second kappa shape index (κ2) is 8.71. The van der Waals surface area contributed by atoms with Crippen molar-refractivity contribution >= 4 is 28.0 Å². The third-order valence-corrected chi connectivity index (χ3v) is 4.25. The van der Waals surface area contributed by atoms with Crippen LogP contribution < -0.4 is 19.5 Å². The number of amides is 2. The zero-order valence-corrected chi connectivity index (χ0v) is 16.1. The second-order valence-corrected chi connectivity index (χ2v) is 7.16. The summed E-state index contributed by atoms with van der Waals surface area (Å²) >= 11 is 0. The lowest BCUT2D eigenvalue weighted by Gasteiger charge is -2.09. The molecule has 0 spiro atoms. The fourth-order valence-electron chi connectivity index (χ4n) is 2.55. The van der Waals surface area contributed by atoms with Crippen LogP contribution in [-0.2, 0) is 16.8 Å². The molecule has 2 aromatic carbocycles. The summed E-state index contributed by atoms with van der Waals surface area (Å²) in [5.41, 5.74) is 1.50. The maximum Gasteiger partial charge on any atom is 0.326 e. The van der Waals surface area contributed by atoms with Gasteiger partial charge in [-0.2, -0.15) is 0 Å². The van der Waals surface area contributed by atoms with Crippen LogP contribution in [0.5, 0.6) is 5.75 Å². The number of hydrogen-bond donors (Lipinski definition) is 2. The maximum absolute atomic E-state index is 12.0. The smallest absolute Gasteiger partial charge is 0.326 e. The van der Waals surface area contributed by atoms with Crippen molar-refractivity contribution in [3.63, 3.8) is 0 Å². The van der Waals surface area contributed by atoms with Gasteiger partial charge in [0.15, 0.2) is 6.04 Å². The van der Waals surface area contributed by atoms with Crippen molar-refractivity contribution < 1.29 is 31.2 Å². The van der Waals surface area contributed by atoms with Gasteiger partial charge in [0.05, 0.1) is 0 Å². The molecule has 1 aromatic heterocycles. The van der Waals surface area contributed by atoms with Gasteiger partial charge in [-0.1, -0.05) is 30.3 Å². The summed E-state index contributed by atoms with van der Waals surface area (Å²) in [6.45, 7) is 1.89. The minimum Gasteiger partial charge on any atom is -0.716 e. The van der Waals surface area contributed by atoms with Crippen LogP contribution in [-0.4, -0.2) is 24.3 Å². The van der Waals surface area contributed by atoms with Crippen molar-refractivity contribution in [3.05, 3.63) is 66.4 Å². The number of benzene rings is 2. The van der Waals surface area contributed by atoms with Gasteiger partial charge in [0.25, 0.3) is 16.6 Å². The van der Waals surface area contributed by atoms with Crippen molar-refractivity contribution in [2.45, 2.75) is 19.4 Å². The number of hydrogen-bond acceptors (Lipinski definition) is 7. The number of anilines is 2. The Balaban J connectivity index is 1.56. The number of para-hydroxylation sites is 1. The molecule has 0 radical (unpaired) electrons. The van der Waals surface area contributed by atoms with Crippen LogP contribution in [0, 0.1) is 0 Å². The van der Waals surface area contributed by atoms with Crippen LogP contribution in [0.3, 0.4) is 0 Å². The van der Waals surface area contributed by atoms with Gasteiger partial charge < -0.3 is 14.1 Å². The number of nitrogens with one attached hydrogen (secondary N) is 2. The molecule has 0 fully saturated rings. The van der Waals surface area contributed by atoms with Gasteiger partial charge in [-0.15, -0.1) is 0 Å². The van der Waals surface area contributed by atoms with Gasteiger partial charge in [-0.05, 0) is 34.5 Å². The molecule has 3 rings (SSSR count). The highest BCUT2D eigenvalue weighted by molar-refractivity contribution is 7.81. The Kier molecular flexibility index (Phi) is 6.10. The molecule has 0 bridgehead atoms. The van der Waals surface area contributed by atoms with E-state index in [2.05, 4.69) is 20.1 Å². The van der Waals surface area contributed by atoms with E-state index in [-0.39, 0.29) is 17.7 Å². The SMILES string of the molecule is CC(Cc1ccc(OS(=O)(=O)[O-])cc1)[n+]1cc(NC(=O)Nc2ccccc2)on1. The Morgan fingerprint density at radius 3 is 2.52 bits per heavy atom. The Morgan fingerprint density at radius 2 is 1.86 bits per heavy atom. The lowest BCUT2D eigenvalue weighted by Crippen LogP contribution is -2.40. The van der Waals surface area contributed by atoms with E-state index in [0.717, 1.165) is 5.56 Å². The number of aromatic nitrogens is 2. The molecule has 0 saturated carbocycles. The first-order valence-corrected chi connectivity index (χ1v) is 9.87. The third kappa shape index (κ3) is 6.30. The minimum absolute atomic E-state index is 0.0543. The molecule has 1 heterocycles. The predicted molar refractivity (Wildman–Crippen MR) is 101 cm³/mol. The number of nitrogens with zero attached hydrogens (tertiary/aromatic N) is 2. The van der Waals surface area contributed by atoms with E-state index in [0.29, 0.717) is 12.1 Å². The zero-order chi connectivity index (χ0) is 20.9. The topological polar surface area (TPSA) is 137 Å². The van der Waals surface area contributed by atoms with Crippen LogP contribution in [0.15, 0.2) is 65.3 Å². The monoisotopic (exact) mass is 418 g/mol. The predicted octanol–water partition coefficient (Wildman–Crippen LogP) is 2.25. The molecule has 2 N–H and O–H groups in total. The first kappa shape index (κ1) is 20.3. The van der Waals surface area contributed by atoms with Crippen molar-refractivity contribution in [3.8, 4) is 5.75 Å². The quantitative estimate of drug-likeness (QED) is 0.341. The fraction of sp³-hybridized carbons (Fsp3) is 0.167. The van der Waals surface area contributed by atoms with E-state index in [1.807, 2.05) is 13.0 Å². The number of urea groups is 1. The van der Waals surface area contributed by atoms with Gasteiger partial charge in [0.1, 0.15) is 5.75 Å². The molecule has 3 aromatic rings. The Bertz CT molecular complexity index is 1070.